The second kappa shape index (κ2) is 7.70. The van der Waals surface area contributed by atoms with Crippen LogP contribution in [0.15, 0.2) is 23.3 Å². The Balaban J connectivity index is 1.75. The fraction of sp³-hybridized carbons (Fsp3) is 0.758. The van der Waals surface area contributed by atoms with Crippen LogP contribution in [-0.4, -0.2) is 24.6 Å². The van der Waals surface area contributed by atoms with Gasteiger partial charge in [-0.25, -0.2) is 0 Å². The lowest BCUT2D eigenvalue weighted by atomic mass is 9.31. The molecule has 5 rings (SSSR count). The first-order valence-electron chi connectivity index (χ1n) is 14.4. The molecule has 1 unspecified atom stereocenters. The molecular formula is C33H45NO4. The molecule has 206 valence electrons. The Morgan fingerprint density at radius 1 is 0.947 bits per heavy atom. The Bertz CT molecular complexity index is 1250. The van der Waals surface area contributed by atoms with Crippen LogP contribution in [0.4, 0.5) is 0 Å². The first-order chi connectivity index (χ1) is 17.4. The van der Waals surface area contributed by atoms with E-state index in [9.17, 15) is 19.6 Å². The molecule has 0 aromatic rings. The number of hydrogen-bond donors (Lipinski definition) is 0. The van der Waals surface area contributed by atoms with Gasteiger partial charge in [-0.1, -0.05) is 67.0 Å². The Morgan fingerprint density at radius 3 is 2.18 bits per heavy atom. The molecule has 38 heavy (non-hydrogen) atoms. The van der Waals surface area contributed by atoms with E-state index in [0.29, 0.717) is 0 Å². The van der Waals surface area contributed by atoms with E-state index in [-0.39, 0.29) is 51.2 Å². The number of allylic oxidation sites excluding steroid dienone is 4. The van der Waals surface area contributed by atoms with Gasteiger partial charge in [-0.3, -0.25) is 14.4 Å². The minimum Gasteiger partial charge on any atom is -0.469 e. The molecule has 5 aliphatic rings. The number of carbonyl (C=O) groups is 3. The number of fused-ring (bicyclic) bond motifs is 7. The van der Waals surface area contributed by atoms with Gasteiger partial charge in [-0.15, -0.1) is 0 Å². The molecule has 0 N–H and O–H groups in total. The number of Topliss-reactive ketones (excluding diaryl/α,β-unsaturated/α-hetero) is 1. The van der Waals surface area contributed by atoms with Crippen LogP contribution >= 0.6 is 0 Å². The normalized spacial score (nSPS) is 46.7. The highest BCUT2D eigenvalue weighted by Crippen LogP contribution is 2.77. The van der Waals surface area contributed by atoms with Crippen LogP contribution in [-0.2, 0) is 19.1 Å². The number of carbonyl (C=O) groups excluding carboxylic acids is 3. The van der Waals surface area contributed by atoms with Crippen LogP contribution in [0.25, 0.3) is 0 Å². The summed E-state index contributed by atoms with van der Waals surface area (Å²) in [6.45, 7) is 17.5. The van der Waals surface area contributed by atoms with Crippen molar-refractivity contribution in [2.45, 2.75) is 100 Å². The number of ketones is 2. The lowest BCUT2D eigenvalue weighted by Gasteiger charge is -2.71. The van der Waals surface area contributed by atoms with Crippen molar-refractivity contribution in [2.24, 2.45) is 49.7 Å². The van der Waals surface area contributed by atoms with Gasteiger partial charge in [0.2, 0.25) is 0 Å². The van der Waals surface area contributed by atoms with E-state index in [1.807, 2.05) is 26.0 Å². The molecule has 0 heterocycles. The highest BCUT2D eigenvalue weighted by atomic mass is 16.5. The zero-order valence-electron chi connectivity index (χ0n) is 24.8. The second-order valence-corrected chi connectivity index (χ2v) is 15.6. The van der Waals surface area contributed by atoms with Crippen molar-refractivity contribution in [3.8, 4) is 6.07 Å². The Labute approximate surface area is 228 Å². The van der Waals surface area contributed by atoms with Gasteiger partial charge < -0.3 is 4.74 Å². The standard InChI is InChI=1S/C33H45NO4/c1-27(2)12-14-33(26(37)38-9)15-13-31(7)24(32(33,8)19-27)21(35)16-23-29(5)17-20(18-34)25(36)28(3,4)22(29)10-11-30(23,31)6/h16-17,22,24H,10-15,19H2,1-9H3/t22?,24-,29-,30+,31+,32-,33+/m0/s1. The summed E-state index contributed by atoms with van der Waals surface area (Å²) in [5, 5.41) is 9.90. The summed E-state index contributed by atoms with van der Waals surface area (Å²) in [6, 6.07) is 2.18. The zero-order valence-corrected chi connectivity index (χ0v) is 24.8. The van der Waals surface area contributed by atoms with Crippen LogP contribution in [0, 0.1) is 61.1 Å². The van der Waals surface area contributed by atoms with E-state index >= 15 is 0 Å². The average Bonchev–Trinajstić information content (AvgIpc) is 2.81. The number of rotatable bonds is 1. The Kier molecular flexibility index (Phi) is 5.54. The van der Waals surface area contributed by atoms with E-state index in [1.165, 1.54) is 7.11 Å². The monoisotopic (exact) mass is 519 g/mol. The Morgan fingerprint density at radius 2 is 1.58 bits per heavy atom. The van der Waals surface area contributed by atoms with Gasteiger partial charge in [0.1, 0.15) is 6.07 Å². The first-order valence-corrected chi connectivity index (χ1v) is 14.4. The van der Waals surface area contributed by atoms with Crippen LogP contribution < -0.4 is 0 Å². The number of ether oxygens (including phenoxy) is 1. The fourth-order valence-electron chi connectivity index (χ4n) is 11.1. The van der Waals surface area contributed by atoms with Crippen molar-refractivity contribution >= 4 is 17.5 Å². The summed E-state index contributed by atoms with van der Waals surface area (Å²) < 4.78 is 5.47. The molecule has 0 radical (unpaired) electrons. The molecular weight excluding hydrogens is 474 g/mol. The molecule has 0 amide bonds. The molecule has 0 aromatic heterocycles. The second-order valence-electron chi connectivity index (χ2n) is 15.6. The predicted octanol–water partition coefficient (Wildman–Crippen LogP) is 6.77. The molecule has 0 bridgehead atoms. The van der Waals surface area contributed by atoms with Crippen molar-refractivity contribution in [3.63, 3.8) is 0 Å². The smallest absolute Gasteiger partial charge is 0.312 e. The molecule has 3 fully saturated rings. The number of nitriles is 1. The van der Waals surface area contributed by atoms with Gasteiger partial charge in [-0.05, 0) is 78.6 Å². The van der Waals surface area contributed by atoms with Gasteiger partial charge in [0.05, 0.1) is 18.1 Å². The van der Waals surface area contributed by atoms with Gasteiger partial charge in [0, 0.05) is 16.7 Å². The van der Waals surface area contributed by atoms with Gasteiger partial charge in [0.15, 0.2) is 11.6 Å². The average molecular weight is 520 g/mol. The van der Waals surface area contributed by atoms with Gasteiger partial charge >= 0.3 is 5.97 Å². The van der Waals surface area contributed by atoms with Crippen LogP contribution in [0.3, 0.4) is 0 Å². The summed E-state index contributed by atoms with van der Waals surface area (Å²) in [6.07, 6.45) is 9.53. The third-order valence-corrected chi connectivity index (χ3v) is 13.0. The van der Waals surface area contributed by atoms with E-state index in [4.69, 9.17) is 4.74 Å². The maximum atomic E-state index is 14.6. The van der Waals surface area contributed by atoms with Gasteiger partial charge in [0.25, 0.3) is 0 Å². The van der Waals surface area contributed by atoms with Crippen LogP contribution in [0.5, 0.6) is 0 Å². The molecule has 5 aliphatic carbocycles. The van der Waals surface area contributed by atoms with Gasteiger partial charge in [-0.2, -0.15) is 5.26 Å². The lowest BCUT2D eigenvalue weighted by Crippen LogP contribution is -2.69. The highest BCUT2D eigenvalue weighted by molar-refractivity contribution is 6.04. The zero-order chi connectivity index (χ0) is 28.3. The maximum Gasteiger partial charge on any atom is 0.312 e. The number of hydrogen-bond acceptors (Lipinski definition) is 5. The lowest BCUT2D eigenvalue weighted by molar-refractivity contribution is -0.218. The molecule has 0 aromatic carbocycles. The van der Waals surface area contributed by atoms with E-state index in [0.717, 1.165) is 50.5 Å². The van der Waals surface area contributed by atoms with E-state index in [2.05, 4.69) is 47.6 Å². The minimum atomic E-state index is -0.677. The number of esters is 1. The molecule has 0 aliphatic heterocycles. The fourth-order valence-corrected chi connectivity index (χ4v) is 11.1. The van der Waals surface area contributed by atoms with Crippen molar-refractivity contribution < 1.29 is 19.1 Å². The number of nitrogens with zero attached hydrogens (tertiary/aromatic N) is 1. The Hall–Kier alpha value is -2.22. The molecule has 0 spiro atoms. The molecule has 5 nitrogen and oxygen atoms in total. The predicted molar refractivity (Wildman–Crippen MR) is 146 cm³/mol. The van der Waals surface area contributed by atoms with E-state index < -0.39 is 21.7 Å². The van der Waals surface area contributed by atoms with Crippen molar-refractivity contribution in [3.05, 3.63) is 23.3 Å². The summed E-state index contributed by atoms with van der Waals surface area (Å²) >= 11 is 0. The van der Waals surface area contributed by atoms with Crippen LogP contribution in [0.1, 0.15) is 100 Å². The molecule has 5 heteroatoms. The topological polar surface area (TPSA) is 84.2 Å². The number of methoxy groups -OCH3 is 1. The SMILES string of the molecule is COC(=O)[C@]12CCC(C)(C)C[C@@]1(C)[C@H]1C(=O)C=C3[C@@]4(C)C=C(C#N)C(=O)C(C)(C)C4CC[C@@]3(C)[C@]1(C)CC2. The van der Waals surface area contributed by atoms with Crippen molar-refractivity contribution in [1.82, 2.24) is 0 Å². The quantitative estimate of drug-likeness (QED) is 0.357. The first kappa shape index (κ1) is 27.4. The maximum absolute atomic E-state index is 14.6. The molecule has 0 saturated heterocycles. The summed E-state index contributed by atoms with van der Waals surface area (Å²) in [4.78, 5) is 41.4. The summed E-state index contributed by atoms with van der Waals surface area (Å²) in [5.41, 5.74) is -1.73. The largest absolute Gasteiger partial charge is 0.469 e. The molecule has 7 atom stereocenters. The minimum absolute atomic E-state index is 0.0221. The van der Waals surface area contributed by atoms with Crippen LogP contribution in [0.2, 0.25) is 0 Å². The third-order valence-electron chi connectivity index (χ3n) is 13.0. The van der Waals surface area contributed by atoms with E-state index in [1.54, 1.807) is 0 Å². The molecule has 3 saturated carbocycles. The summed E-state index contributed by atoms with van der Waals surface area (Å²) in [7, 11) is 1.49. The summed E-state index contributed by atoms with van der Waals surface area (Å²) in [5.74, 6) is -0.412. The van der Waals surface area contributed by atoms with Crippen molar-refractivity contribution in [2.75, 3.05) is 7.11 Å². The highest BCUT2D eigenvalue weighted by Gasteiger charge is 2.74. The van der Waals surface area contributed by atoms with Crippen molar-refractivity contribution in [1.29, 1.82) is 5.26 Å². The third kappa shape index (κ3) is 2.96.